The van der Waals surface area contributed by atoms with E-state index < -0.39 is 11.8 Å². The fraction of sp³-hybridized carbons (Fsp3) is 0. The van der Waals surface area contributed by atoms with Crippen LogP contribution in [0.5, 0.6) is 0 Å². The van der Waals surface area contributed by atoms with Gasteiger partial charge in [-0.1, -0.05) is 41.9 Å². The molecule has 0 atom stereocenters. The first-order valence-corrected chi connectivity index (χ1v) is 8.22. The van der Waals surface area contributed by atoms with E-state index in [9.17, 15) is 14.9 Å². The Hall–Kier alpha value is -3.62. The standard InChI is InChI=1S/C21H12ClNO4/c22-18-8-6-14(11-17(18)21(25)26)19-9-7-16(27-19)10-15(12-23)20(24)13-4-2-1-3-5-13/h1-11H,(H,25,26)/b15-10+. The fourth-order valence-corrected chi connectivity index (χ4v) is 2.66. The third kappa shape index (κ3) is 3.97. The number of carbonyl (C=O) groups is 2. The Morgan fingerprint density at radius 3 is 2.48 bits per heavy atom. The van der Waals surface area contributed by atoms with E-state index in [0.29, 0.717) is 22.6 Å². The molecule has 1 N–H and O–H groups in total. The molecule has 0 unspecified atom stereocenters. The number of carbonyl (C=O) groups excluding carboxylic acids is 1. The van der Waals surface area contributed by atoms with Crippen molar-refractivity contribution in [2.24, 2.45) is 0 Å². The largest absolute Gasteiger partial charge is 0.478 e. The molecule has 0 aliphatic heterocycles. The minimum absolute atomic E-state index is 0.0420. The van der Waals surface area contributed by atoms with E-state index in [1.165, 1.54) is 18.2 Å². The number of nitrogens with zero attached hydrogens (tertiary/aromatic N) is 1. The summed E-state index contributed by atoms with van der Waals surface area (Å²) in [6, 6.07) is 18.1. The second-order valence-electron chi connectivity index (χ2n) is 5.57. The van der Waals surface area contributed by atoms with Crippen molar-refractivity contribution in [3.8, 4) is 17.4 Å². The number of carboxylic acids is 1. The highest BCUT2D eigenvalue weighted by molar-refractivity contribution is 6.33. The average Bonchev–Trinajstić information content (AvgIpc) is 3.15. The Balaban J connectivity index is 1.92. The lowest BCUT2D eigenvalue weighted by atomic mass is 10.0. The predicted molar refractivity (Wildman–Crippen MR) is 100 cm³/mol. The van der Waals surface area contributed by atoms with Crippen LogP contribution in [0.25, 0.3) is 17.4 Å². The molecule has 3 aromatic rings. The van der Waals surface area contributed by atoms with Gasteiger partial charge in [-0.2, -0.15) is 5.26 Å². The van der Waals surface area contributed by atoms with Crippen LogP contribution in [-0.2, 0) is 0 Å². The van der Waals surface area contributed by atoms with Crippen LogP contribution in [0, 0.1) is 11.3 Å². The van der Waals surface area contributed by atoms with Crippen LogP contribution in [-0.4, -0.2) is 16.9 Å². The molecule has 1 aromatic heterocycles. The number of hydrogen-bond donors (Lipinski definition) is 1. The number of nitriles is 1. The summed E-state index contributed by atoms with van der Waals surface area (Å²) < 4.78 is 5.65. The topological polar surface area (TPSA) is 91.3 Å². The monoisotopic (exact) mass is 377 g/mol. The van der Waals surface area contributed by atoms with Gasteiger partial charge in [0.2, 0.25) is 5.78 Å². The third-order valence-corrected chi connectivity index (χ3v) is 4.13. The Morgan fingerprint density at radius 2 is 1.81 bits per heavy atom. The van der Waals surface area contributed by atoms with Crippen molar-refractivity contribution in [3.63, 3.8) is 0 Å². The zero-order valence-electron chi connectivity index (χ0n) is 13.8. The van der Waals surface area contributed by atoms with Gasteiger partial charge in [0.15, 0.2) is 0 Å². The number of rotatable bonds is 5. The summed E-state index contributed by atoms with van der Waals surface area (Å²) in [6.07, 6.45) is 1.35. The Bertz CT molecular complexity index is 1090. The van der Waals surface area contributed by atoms with E-state index in [0.717, 1.165) is 0 Å². The van der Waals surface area contributed by atoms with E-state index in [1.54, 1.807) is 48.5 Å². The Labute approximate surface area is 159 Å². The molecule has 0 bridgehead atoms. The molecule has 0 aliphatic rings. The molecular weight excluding hydrogens is 366 g/mol. The van der Waals surface area contributed by atoms with E-state index in [2.05, 4.69) is 0 Å². The molecule has 5 nitrogen and oxygen atoms in total. The molecule has 0 radical (unpaired) electrons. The first-order chi connectivity index (χ1) is 13.0. The highest BCUT2D eigenvalue weighted by Gasteiger charge is 2.14. The molecule has 0 fully saturated rings. The second kappa shape index (κ2) is 7.73. The molecule has 0 spiro atoms. The van der Waals surface area contributed by atoms with Gasteiger partial charge in [-0.25, -0.2) is 4.79 Å². The number of ketones is 1. The number of allylic oxidation sites excluding steroid dienone is 1. The van der Waals surface area contributed by atoms with Crippen molar-refractivity contribution in [1.29, 1.82) is 5.26 Å². The predicted octanol–water partition coefficient (Wildman–Crippen LogP) is 5.09. The number of benzene rings is 2. The highest BCUT2D eigenvalue weighted by Crippen LogP contribution is 2.28. The normalized spacial score (nSPS) is 11.0. The number of furan rings is 1. The van der Waals surface area contributed by atoms with Crippen molar-refractivity contribution < 1.29 is 19.1 Å². The molecule has 27 heavy (non-hydrogen) atoms. The van der Waals surface area contributed by atoms with Gasteiger partial charge < -0.3 is 9.52 Å². The second-order valence-corrected chi connectivity index (χ2v) is 5.97. The van der Waals surface area contributed by atoms with Crippen LogP contribution < -0.4 is 0 Å². The van der Waals surface area contributed by atoms with Crippen molar-refractivity contribution in [3.05, 3.63) is 88.1 Å². The molecule has 1 heterocycles. The smallest absolute Gasteiger partial charge is 0.337 e. The minimum Gasteiger partial charge on any atom is -0.478 e. The van der Waals surface area contributed by atoms with Crippen LogP contribution in [0.3, 0.4) is 0 Å². The van der Waals surface area contributed by atoms with Crippen LogP contribution in [0.4, 0.5) is 0 Å². The van der Waals surface area contributed by atoms with Crippen molar-refractivity contribution in [2.75, 3.05) is 0 Å². The summed E-state index contributed by atoms with van der Waals surface area (Å²) in [5, 5.41) is 18.6. The van der Waals surface area contributed by atoms with Gasteiger partial charge in [0.05, 0.1) is 10.6 Å². The summed E-state index contributed by atoms with van der Waals surface area (Å²) >= 11 is 5.87. The zero-order valence-corrected chi connectivity index (χ0v) is 14.6. The van der Waals surface area contributed by atoms with Gasteiger partial charge in [-0.3, -0.25) is 4.79 Å². The molecule has 2 aromatic carbocycles. The van der Waals surface area contributed by atoms with Gasteiger partial charge in [0, 0.05) is 17.2 Å². The summed E-state index contributed by atoms with van der Waals surface area (Å²) in [5.74, 6) is -0.855. The van der Waals surface area contributed by atoms with Gasteiger partial charge in [-0.05, 0) is 30.3 Å². The third-order valence-electron chi connectivity index (χ3n) is 3.80. The van der Waals surface area contributed by atoms with Crippen molar-refractivity contribution >= 4 is 29.4 Å². The Kier molecular flexibility index (Phi) is 5.20. The van der Waals surface area contributed by atoms with E-state index >= 15 is 0 Å². The van der Waals surface area contributed by atoms with E-state index in [-0.39, 0.29) is 16.2 Å². The van der Waals surface area contributed by atoms with E-state index in [4.69, 9.17) is 21.1 Å². The summed E-state index contributed by atoms with van der Waals surface area (Å²) in [4.78, 5) is 23.6. The van der Waals surface area contributed by atoms with Crippen molar-refractivity contribution in [2.45, 2.75) is 0 Å². The molecule has 132 valence electrons. The van der Waals surface area contributed by atoms with Crippen molar-refractivity contribution in [1.82, 2.24) is 0 Å². The van der Waals surface area contributed by atoms with Gasteiger partial charge in [-0.15, -0.1) is 0 Å². The number of aromatic carboxylic acids is 1. The average molecular weight is 378 g/mol. The number of halogens is 1. The minimum atomic E-state index is -1.14. The molecule has 6 heteroatoms. The Morgan fingerprint density at radius 1 is 1.07 bits per heavy atom. The highest BCUT2D eigenvalue weighted by atomic mass is 35.5. The molecule has 0 saturated heterocycles. The number of Topliss-reactive ketones (excluding diaryl/α,β-unsaturated/α-hetero) is 1. The number of hydrogen-bond acceptors (Lipinski definition) is 4. The SMILES string of the molecule is N#C/C(=C\c1ccc(-c2ccc(Cl)c(C(=O)O)c2)o1)C(=O)c1ccccc1. The molecule has 0 amide bonds. The molecule has 0 saturated carbocycles. The number of carboxylic acid groups (broad SMARTS) is 1. The van der Waals surface area contributed by atoms with Crippen LogP contribution >= 0.6 is 11.6 Å². The lowest BCUT2D eigenvalue weighted by Crippen LogP contribution is -2.01. The molecular formula is C21H12ClNO4. The lowest BCUT2D eigenvalue weighted by Gasteiger charge is -2.02. The van der Waals surface area contributed by atoms with Crippen LogP contribution in [0.1, 0.15) is 26.5 Å². The van der Waals surface area contributed by atoms with Gasteiger partial charge in [0.1, 0.15) is 23.2 Å². The first kappa shape index (κ1) is 18.2. The van der Waals surface area contributed by atoms with Crippen LogP contribution in [0.2, 0.25) is 5.02 Å². The zero-order chi connectivity index (χ0) is 19.4. The fourth-order valence-electron chi connectivity index (χ4n) is 2.46. The summed E-state index contributed by atoms with van der Waals surface area (Å²) in [6.45, 7) is 0. The summed E-state index contributed by atoms with van der Waals surface area (Å²) in [5.41, 5.74) is 0.814. The first-order valence-electron chi connectivity index (χ1n) is 7.84. The quantitative estimate of drug-likeness (QED) is 0.380. The maximum Gasteiger partial charge on any atom is 0.337 e. The summed E-state index contributed by atoms with van der Waals surface area (Å²) in [7, 11) is 0. The van der Waals surface area contributed by atoms with Crippen LogP contribution in [0.15, 0.2) is 70.7 Å². The van der Waals surface area contributed by atoms with Gasteiger partial charge >= 0.3 is 5.97 Å². The maximum atomic E-state index is 12.4. The van der Waals surface area contributed by atoms with Gasteiger partial charge in [0.25, 0.3) is 0 Å². The lowest BCUT2D eigenvalue weighted by molar-refractivity contribution is 0.0697. The maximum absolute atomic E-state index is 12.4. The molecule has 0 aliphatic carbocycles. The molecule has 3 rings (SSSR count). The van der Waals surface area contributed by atoms with E-state index in [1.807, 2.05) is 6.07 Å².